The van der Waals surface area contributed by atoms with Gasteiger partial charge >= 0.3 is 6.55 Å². The van der Waals surface area contributed by atoms with Crippen molar-refractivity contribution in [3.8, 4) is 0 Å². The Kier molecular flexibility index (Phi) is 4.21. The molecule has 1 heterocycles. The lowest BCUT2D eigenvalue weighted by molar-refractivity contribution is 0.0612. The van der Waals surface area contributed by atoms with E-state index in [4.69, 9.17) is 5.73 Å². The first kappa shape index (κ1) is 15.0. The Morgan fingerprint density at radius 2 is 2.19 bits per heavy atom. The number of nitrogens with two attached hydrogens (primary N) is 1. The summed E-state index contributed by atoms with van der Waals surface area (Å²) in [6, 6.07) is 5.03. The summed E-state index contributed by atoms with van der Waals surface area (Å²) in [7, 11) is 1.54. The molecule has 112 valence electrons. The van der Waals surface area contributed by atoms with Crippen LogP contribution in [0.2, 0.25) is 0 Å². The van der Waals surface area contributed by atoms with Crippen molar-refractivity contribution < 1.29 is 13.6 Å². The molecule has 0 fully saturated rings. The van der Waals surface area contributed by atoms with Gasteiger partial charge in [0.2, 0.25) is 0 Å². The number of aromatic nitrogens is 2. The monoisotopic (exact) mass is 294 g/mol. The molecule has 21 heavy (non-hydrogen) atoms. The molecule has 1 aromatic heterocycles. The number of rotatable bonds is 4. The highest BCUT2D eigenvalue weighted by Gasteiger charge is 2.18. The van der Waals surface area contributed by atoms with Crippen LogP contribution in [0.15, 0.2) is 30.6 Å². The lowest BCUT2D eigenvalue weighted by atomic mass is 10.1. The molecule has 0 radical (unpaired) electrons. The first-order valence-electron chi connectivity index (χ1n) is 6.31. The van der Waals surface area contributed by atoms with Crippen molar-refractivity contribution in [3.05, 3.63) is 47.5 Å². The third-order valence-electron chi connectivity index (χ3n) is 3.18. The molecule has 2 aromatic rings. The molecule has 5 nitrogen and oxygen atoms in total. The second kappa shape index (κ2) is 5.90. The maximum atomic E-state index is 12.8. The Labute approximate surface area is 121 Å². The third kappa shape index (κ3) is 3.18. The minimum absolute atomic E-state index is 0.00951. The van der Waals surface area contributed by atoms with Gasteiger partial charge in [0.25, 0.3) is 5.91 Å². The molecule has 1 amide bonds. The fraction of sp³-hybridized carbons (Fsp3) is 0.286. The maximum absolute atomic E-state index is 12.8. The van der Waals surface area contributed by atoms with Crippen LogP contribution in [-0.4, -0.2) is 27.4 Å². The van der Waals surface area contributed by atoms with Gasteiger partial charge in [0, 0.05) is 30.7 Å². The van der Waals surface area contributed by atoms with Gasteiger partial charge in [-0.15, -0.1) is 0 Å². The third-order valence-corrected chi connectivity index (χ3v) is 3.18. The topological polar surface area (TPSA) is 64.2 Å². The van der Waals surface area contributed by atoms with Crippen LogP contribution in [0.3, 0.4) is 0 Å². The van der Waals surface area contributed by atoms with E-state index in [0.29, 0.717) is 11.3 Å². The highest BCUT2D eigenvalue weighted by Crippen LogP contribution is 2.17. The average Bonchev–Trinajstić information content (AvgIpc) is 2.89. The number of nitrogen functional groups attached to an aromatic ring is 1. The van der Waals surface area contributed by atoms with Crippen LogP contribution < -0.4 is 5.73 Å². The summed E-state index contributed by atoms with van der Waals surface area (Å²) in [5.41, 5.74) is 7.38. The number of halogens is 2. The second-order valence-corrected chi connectivity index (χ2v) is 4.76. The minimum atomic E-state index is -2.68. The zero-order valence-electron chi connectivity index (χ0n) is 11.8. The molecule has 2 N–H and O–H groups in total. The molecular formula is C14H16F2N4O. The summed E-state index contributed by atoms with van der Waals surface area (Å²) in [4.78, 5) is 17.6. The maximum Gasteiger partial charge on any atom is 0.319 e. The molecule has 0 bridgehead atoms. The molecule has 0 saturated heterocycles. The normalized spacial score (nSPS) is 10.9. The van der Waals surface area contributed by atoms with Gasteiger partial charge in [-0.2, -0.15) is 8.78 Å². The first-order valence-corrected chi connectivity index (χ1v) is 6.31. The van der Waals surface area contributed by atoms with Crippen LogP contribution in [-0.2, 0) is 6.54 Å². The lowest BCUT2D eigenvalue weighted by Crippen LogP contribution is -2.28. The van der Waals surface area contributed by atoms with Crippen molar-refractivity contribution in [2.45, 2.75) is 20.0 Å². The Hall–Kier alpha value is -2.44. The molecule has 0 aliphatic heterocycles. The van der Waals surface area contributed by atoms with Crippen LogP contribution in [0.5, 0.6) is 0 Å². The summed E-state index contributed by atoms with van der Waals surface area (Å²) in [5.74, 6) is -0.161. The number of aryl methyl sites for hydroxylation is 1. The van der Waals surface area contributed by atoms with Gasteiger partial charge < -0.3 is 10.6 Å². The first-order chi connectivity index (χ1) is 9.90. The van der Waals surface area contributed by atoms with Crippen LogP contribution in [0.25, 0.3) is 0 Å². The number of benzene rings is 1. The van der Waals surface area contributed by atoms with Gasteiger partial charge in [-0.3, -0.25) is 9.36 Å². The fourth-order valence-electron chi connectivity index (χ4n) is 2.00. The molecule has 0 aliphatic carbocycles. The second-order valence-electron chi connectivity index (χ2n) is 4.76. The number of hydrogen-bond donors (Lipinski definition) is 1. The molecule has 0 atom stereocenters. The minimum Gasteiger partial charge on any atom is -0.399 e. The smallest absolute Gasteiger partial charge is 0.319 e. The van der Waals surface area contributed by atoms with E-state index < -0.39 is 6.55 Å². The highest BCUT2D eigenvalue weighted by molar-refractivity contribution is 5.96. The van der Waals surface area contributed by atoms with Crippen LogP contribution in [0, 0.1) is 6.92 Å². The summed E-state index contributed by atoms with van der Waals surface area (Å²) in [6.45, 7) is -0.898. The number of carbonyl (C=O) groups excluding carboxylic acids is 1. The summed E-state index contributed by atoms with van der Waals surface area (Å²) < 4.78 is 26.2. The fourth-order valence-corrected chi connectivity index (χ4v) is 2.00. The SMILES string of the molecule is Cc1ccc(N)cc1C(=O)N(C)Cc1nccn1C(F)F. The van der Waals surface area contributed by atoms with E-state index in [2.05, 4.69) is 4.98 Å². The molecular weight excluding hydrogens is 278 g/mol. The van der Waals surface area contributed by atoms with Gasteiger partial charge in [-0.25, -0.2) is 4.98 Å². The Morgan fingerprint density at radius 3 is 2.86 bits per heavy atom. The predicted octanol–water partition coefficient (Wildman–Crippen LogP) is 2.44. The van der Waals surface area contributed by atoms with E-state index >= 15 is 0 Å². The van der Waals surface area contributed by atoms with Crippen LogP contribution in [0.1, 0.15) is 28.3 Å². The number of imidazole rings is 1. The zero-order chi connectivity index (χ0) is 15.6. The molecule has 7 heteroatoms. The van der Waals surface area contributed by atoms with E-state index in [9.17, 15) is 13.6 Å². The standard InChI is InChI=1S/C14H16F2N4O/c1-9-3-4-10(17)7-11(9)13(21)19(2)8-12-18-5-6-20(12)14(15)16/h3-7,14H,8,17H2,1-2H3. The van der Waals surface area contributed by atoms with Gasteiger partial charge in [-0.05, 0) is 24.6 Å². The van der Waals surface area contributed by atoms with Gasteiger partial charge in [0.1, 0.15) is 5.82 Å². The molecule has 0 saturated carbocycles. The Balaban J connectivity index is 2.20. The summed E-state index contributed by atoms with van der Waals surface area (Å²) in [6.07, 6.45) is 2.47. The Bertz CT molecular complexity index is 654. The number of nitrogens with zero attached hydrogens (tertiary/aromatic N) is 3. The molecule has 0 aliphatic rings. The van der Waals surface area contributed by atoms with E-state index in [1.54, 1.807) is 25.1 Å². The van der Waals surface area contributed by atoms with E-state index in [0.717, 1.165) is 10.1 Å². The summed E-state index contributed by atoms with van der Waals surface area (Å²) >= 11 is 0. The van der Waals surface area contributed by atoms with Crippen LogP contribution >= 0.6 is 0 Å². The lowest BCUT2D eigenvalue weighted by Gasteiger charge is -2.19. The number of amides is 1. The van der Waals surface area contributed by atoms with Gasteiger partial charge in [0.15, 0.2) is 0 Å². The number of alkyl halides is 2. The molecule has 1 aromatic carbocycles. The van der Waals surface area contributed by atoms with Crippen molar-refractivity contribution in [3.63, 3.8) is 0 Å². The number of hydrogen-bond acceptors (Lipinski definition) is 3. The molecule has 2 rings (SSSR count). The molecule has 0 spiro atoms. The quantitative estimate of drug-likeness (QED) is 0.881. The van der Waals surface area contributed by atoms with Gasteiger partial charge in [-0.1, -0.05) is 6.07 Å². The van der Waals surface area contributed by atoms with Crippen molar-refractivity contribution in [1.82, 2.24) is 14.5 Å². The van der Waals surface area contributed by atoms with E-state index in [-0.39, 0.29) is 18.3 Å². The van der Waals surface area contributed by atoms with Crippen molar-refractivity contribution >= 4 is 11.6 Å². The van der Waals surface area contributed by atoms with E-state index in [1.165, 1.54) is 24.3 Å². The van der Waals surface area contributed by atoms with Crippen molar-refractivity contribution in [2.75, 3.05) is 12.8 Å². The number of carbonyl (C=O) groups is 1. The molecule has 0 unspecified atom stereocenters. The van der Waals surface area contributed by atoms with Crippen molar-refractivity contribution in [2.24, 2.45) is 0 Å². The average molecular weight is 294 g/mol. The summed E-state index contributed by atoms with van der Waals surface area (Å²) in [5, 5.41) is 0. The largest absolute Gasteiger partial charge is 0.399 e. The van der Waals surface area contributed by atoms with E-state index in [1.807, 2.05) is 0 Å². The zero-order valence-corrected chi connectivity index (χ0v) is 11.8. The van der Waals surface area contributed by atoms with Crippen molar-refractivity contribution in [1.29, 1.82) is 0 Å². The predicted molar refractivity (Wildman–Crippen MR) is 74.9 cm³/mol. The highest BCUT2D eigenvalue weighted by atomic mass is 19.3. The number of anilines is 1. The Morgan fingerprint density at radius 1 is 1.48 bits per heavy atom. The van der Waals surface area contributed by atoms with Gasteiger partial charge in [0.05, 0.1) is 6.54 Å². The van der Waals surface area contributed by atoms with Crippen LogP contribution in [0.4, 0.5) is 14.5 Å².